The van der Waals surface area contributed by atoms with E-state index < -0.39 is 18.3 Å². The predicted octanol–water partition coefficient (Wildman–Crippen LogP) is 6.23. The normalized spacial score (nSPS) is 15.8. The SMILES string of the molecule is CC1(C)OB(c2cc(-c3ccncc3)cc(-c3nc(-c4ccccc4)nc(-c4ccccc4)n3)c2)OC1(C)C. The molecule has 7 heteroatoms. The second-order valence-corrected chi connectivity index (χ2v) is 10.7. The van der Waals surface area contributed by atoms with Crippen LogP contribution in [0.3, 0.4) is 0 Å². The topological polar surface area (TPSA) is 70.0 Å². The van der Waals surface area contributed by atoms with Crippen LogP contribution in [0.4, 0.5) is 0 Å². The third-order valence-electron chi connectivity index (χ3n) is 7.45. The van der Waals surface area contributed by atoms with Crippen molar-refractivity contribution in [2.45, 2.75) is 38.9 Å². The highest BCUT2D eigenvalue weighted by Gasteiger charge is 2.51. The van der Waals surface area contributed by atoms with Crippen LogP contribution >= 0.6 is 0 Å². The van der Waals surface area contributed by atoms with Crippen molar-refractivity contribution in [1.29, 1.82) is 0 Å². The standard InChI is InChI=1S/C32H29BN4O2/c1-31(2)32(3,4)39-33(38-31)27-20-25(22-15-17-34-18-16-22)19-26(21-27)30-36-28(23-11-7-5-8-12-23)35-29(37-30)24-13-9-6-10-14-24/h5-21H,1-4H3. The van der Waals surface area contributed by atoms with Crippen molar-refractivity contribution in [2.75, 3.05) is 0 Å². The van der Waals surface area contributed by atoms with Crippen molar-refractivity contribution < 1.29 is 9.31 Å². The van der Waals surface area contributed by atoms with E-state index in [2.05, 4.69) is 50.9 Å². The summed E-state index contributed by atoms with van der Waals surface area (Å²) in [5.41, 5.74) is 4.72. The molecule has 1 aliphatic rings. The minimum absolute atomic E-state index is 0.460. The van der Waals surface area contributed by atoms with Gasteiger partial charge in [-0.15, -0.1) is 0 Å². The quantitative estimate of drug-likeness (QED) is 0.260. The highest BCUT2D eigenvalue weighted by atomic mass is 16.7. The van der Waals surface area contributed by atoms with Crippen molar-refractivity contribution in [3.05, 3.63) is 103 Å². The van der Waals surface area contributed by atoms with Crippen LogP contribution in [0.25, 0.3) is 45.3 Å². The van der Waals surface area contributed by atoms with Crippen LogP contribution in [0.5, 0.6) is 0 Å². The molecule has 6 nitrogen and oxygen atoms in total. The Bertz CT molecular complexity index is 1540. The first-order valence-corrected chi connectivity index (χ1v) is 13.1. The van der Waals surface area contributed by atoms with Gasteiger partial charge in [-0.25, -0.2) is 15.0 Å². The van der Waals surface area contributed by atoms with Gasteiger partial charge in [0.1, 0.15) is 0 Å². The molecular formula is C32H29BN4O2. The minimum Gasteiger partial charge on any atom is -0.399 e. The van der Waals surface area contributed by atoms with Crippen molar-refractivity contribution in [1.82, 2.24) is 19.9 Å². The van der Waals surface area contributed by atoms with E-state index in [4.69, 9.17) is 24.3 Å². The van der Waals surface area contributed by atoms with Gasteiger partial charge in [-0.05, 0) is 62.5 Å². The summed E-state index contributed by atoms with van der Waals surface area (Å²) < 4.78 is 12.9. The maximum atomic E-state index is 6.43. The molecule has 0 N–H and O–H groups in total. The van der Waals surface area contributed by atoms with Crippen molar-refractivity contribution in [2.24, 2.45) is 0 Å². The van der Waals surface area contributed by atoms with Gasteiger partial charge in [0, 0.05) is 29.1 Å². The molecule has 3 heterocycles. The average Bonchev–Trinajstić information content (AvgIpc) is 3.20. The van der Waals surface area contributed by atoms with Crippen LogP contribution in [0.15, 0.2) is 103 Å². The van der Waals surface area contributed by atoms with Gasteiger partial charge >= 0.3 is 7.12 Å². The number of hydrogen-bond donors (Lipinski definition) is 0. The molecule has 0 radical (unpaired) electrons. The zero-order valence-corrected chi connectivity index (χ0v) is 22.5. The Morgan fingerprint density at radius 3 is 1.49 bits per heavy atom. The summed E-state index contributed by atoms with van der Waals surface area (Å²) in [5, 5.41) is 0. The predicted molar refractivity (Wildman–Crippen MR) is 155 cm³/mol. The minimum atomic E-state index is -0.528. The zero-order chi connectivity index (χ0) is 27.0. The molecular weight excluding hydrogens is 483 g/mol. The first-order chi connectivity index (χ1) is 18.8. The van der Waals surface area contributed by atoms with Gasteiger partial charge in [0.05, 0.1) is 11.2 Å². The number of hydrogen-bond acceptors (Lipinski definition) is 6. The molecule has 0 spiro atoms. The van der Waals surface area contributed by atoms with Crippen LogP contribution in [0.1, 0.15) is 27.7 Å². The molecule has 0 saturated carbocycles. The largest absolute Gasteiger partial charge is 0.494 e. The van der Waals surface area contributed by atoms with E-state index in [1.165, 1.54) is 0 Å². The van der Waals surface area contributed by atoms with Crippen LogP contribution in [0.2, 0.25) is 0 Å². The summed E-state index contributed by atoms with van der Waals surface area (Å²) in [5.74, 6) is 1.81. The van der Waals surface area contributed by atoms with Crippen LogP contribution in [-0.4, -0.2) is 38.3 Å². The molecule has 3 aromatic carbocycles. The number of rotatable bonds is 5. The Kier molecular flexibility index (Phi) is 6.33. The molecule has 1 fully saturated rings. The fourth-order valence-electron chi connectivity index (χ4n) is 4.54. The lowest BCUT2D eigenvalue weighted by Gasteiger charge is -2.32. The lowest BCUT2D eigenvalue weighted by Crippen LogP contribution is -2.41. The smallest absolute Gasteiger partial charge is 0.399 e. The maximum absolute atomic E-state index is 6.43. The summed E-state index contributed by atoms with van der Waals surface area (Å²) in [6.45, 7) is 8.24. The first-order valence-electron chi connectivity index (χ1n) is 13.1. The molecule has 2 aromatic heterocycles. The van der Waals surface area contributed by atoms with E-state index in [0.717, 1.165) is 33.3 Å². The molecule has 192 valence electrons. The number of benzene rings is 3. The Morgan fingerprint density at radius 2 is 0.974 bits per heavy atom. The van der Waals surface area contributed by atoms with E-state index in [0.29, 0.717) is 17.5 Å². The molecule has 5 aromatic rings. The zero-order valence-electron chi connectivity index (χ0n) is 22.5. The fourth-order valence-corrected chi connectivity index (χ4v) is 4.54. The monoisotopic (exact) mass is 512 g/mol. The van der Waals surface area contributed by atoms with Gasteiger partial charge in [-0.3, -0.25) is 4.98 Å². The van der Waals surface area contributed by atoms with E-state index in [1.807, 2.05) is 72.8 Å². The van der Waals surface area contributed by atoms with Crippen LogP contribution < -0.4 is 5.46 Å². The van der Waals surface area contributed by atoms with Gasteiger partial charge in [0.25, 0.3) is 0 Å². The fraction of sp³-hybridized carbons (Fsp3) is 0.188. The molecule has 0 amide bonds. The van der Waals surface area contributed by atoms with Gasteiger partial charge in [0.15, 0.2) is 17.5 Å². The highest BCUT2D eigenvalue weighted by Crippen LogP contribution is 2.37. The van der Waals surface area contributed by atoms with E-state index in [-0.39, 0.29) is 0 Å². The van der Waals surface area contributed by atoms with Gasteiger partial charge in [-0.2, -0.15) is 0 Å². The van der Waals surface area contributed by atoms with Crippen LogP contribution in [-0.2, 0) is 9.31 Å². The lowest BCUT2D eigenvalue weighted by molar-refractivity contribution is 0.00578. The third-order valence-corrected chi connectivity index (χ3v) is 7.45. The van der Waals surface area contributed by atoms with Crippen molar-refractivity contribution in [3.8, 4) is 45.3 Å². The summed E-state index contributed by atoms with van der Waals surface area (Å²) in [6.07, 6.45) is 3.58. The molecule has 39 heavy (non-hydrogen) atoms. The molecule has 0 aliphatic carbocycles. The van der Waals surface area contributed by atoms with Crippen molar-refractivity contribution in [3.63, 3.8) is 0 Å². The molecule has 6 rings (SSSR count). The second-order valence-electron chi connectivity index (χ2n) is 10.7. The van der Waals surface area contributed by atoms with Gasteiger partial charge in [-0.1, -0.05) is 72.8 Å². The summed E-state index contributed by atoms with van der Waals surface area (Å²) in [7, 11) is -0.528. The van der Waals surface area contributed by atoms with E-state index >= 15 is 0 Å². The summed E-state index contributed by atoms with van der Waals surface area (Å²) in [6, 6.07) is 30.2. The Labute approximate surface area is 229 Å². The number of pyridine rings is 1. The number of nitrogens with zero attached hydrogens (tertiary/aromatic N) is 4. The maximum Gasteiger partial charge on any atom is 0.494 e. The summed E-state index contributed by atoms with van der Waals surface area (Å²) >= 11 is 0. The van der Waals surface area contributed by atoms with Crippen LogP contribution in [0, 0.1) is 0 Å². The molecule has 0 bridgehead atoms. The molecule has 0 atom stereocenters. The highest BCUT2D eigenvalue weighted by molar-refractivity contribution is 6.62. The first kappa shape index (κ1) is 25.1. The van der Waals surface area contributed by atoms with Gasteiger partial charge < -0.3 is 9.31 Å². The summed E-state index contributed by atoms with van der Waals surface area (Å²) in [4.78, 5) is 18.9. The second kappa shape index (κ2) is 9.84. The van der Waals surface area contributed by atoms with Gasteiger partial charge in [0.2, 0.25) is 0 Å². The average molecular weight is 512 g/mol. The Morgan fingerprint density at radius 1 is 0.513 bits per heavy atom. The molecule has 0 unspecified atom stereocenters. The molecule has 1 saturated heterocycles. The molecule has 1 aliphatic heterocycles. The third kappa shape index (κ3) is 4.99. The number of aromatic nitrogens is 4. The Hall–Kier alpha value is -4.20. The van der Waals surface area contributed by atoms with E-state index in [1.54, 1.807) is 12.4 Å². The Balaban J connectivity index is 1.54. The van der Waals surface area contributed by atoms with Crippen molar-refractivity contribution >= 4 is 12.6 Å². The van der Waals surface area contributed by atoms with E-state index in [9.17, 15) is 0 Å². The lowest BCUT2D eigenvalue weighted by atomic mass is 9.77.